The predicted octanol–water partition coefficient (Wildman–Crippen LogP) is 6.02. The van der Waals surface area contributed by atoms with Crippen molar-refractivity contribution in [3.8, 4) is 28.1 Å². The summed E-state index contributed by atoms with van der Waals surface area (Å²) in [6, 6.07) is 15.8. The lowest BCUT2D eigenvalue weighted by atomic mass is 9.83. The Morgan fingerprint density at radius 3 is 2.62 bits per heavy atom. The lowest BCUT2D eigenvalue weighted by Gasteiger charge is -2.35. The van der Waals surface area contributed by atoms with Crippen molar-refractivity contribution in [2.45, 2.75) is 105 Å². The highest BCUT2D eigenvalue weighted by Crippen LogP contribution is 2.43. The second-order valence-electron chi connectivity index (χ2n) is 19.2. The van der Waals surface area contributed by atoms with Crippen molar-refractivity contribution in [2.24, 2.45) is 17.3 Å². The number of likely N-dealkylation sites (tertiary alicyclic amines) is 1. The number of aromatic nitrogens is 1. The highest BCUT2D eigenvalue weighted by atomic mass is 16.8. The number of carbonyl (C=O) groups is 4. The zero-order valence-electron chi connectivity index (χ0n) is 38.4. The van der Waals surface area contributed by atoms with Gasteiger partial charge < -0.3 is 29.5 Å². The van der Waals surface area contributed by atoms with E-state index in [1.807, 2.05) is 26.0 Å². The summed E-state index contributed by atoms with van der Waals surface area (Å²) in [4.78, 5) is 78.8. The standard InChI is InChI=1S/C50H61N7O8/c1-8-44(59)54-19-17-33(26-54)48(61)53(7)45(30(3)4)47(60)51-41-22-31-20-35(23-36(58)21-31)32-15-16-42-38(24-32)39(46(55(42)9-2)37-13-10-12-34-27-64-28-40(34)37)25-50(5,6)29-65-57(63)43-14-11-18-56(52-43)49(41)62/h8,10,12-13,15-16,20-21,23-24,30,33,41,43,45,52H,1,9,11,14,17-19,22,25-29H2,2-7H3,(H-,51,58,60)/p+1/t33-,41-,43+,45-/m0/s1. The minimum Gasteiger partial charge on any atom is -0.508 e. The smallest absolute Gasteiger partial charge is 0.326 e. The molecule has 15 nitrogen and oxygen atoms in total. The number of rotatable bonds is 8. The normalized spacial score (nSPS) is 21.4. The first kappa shape index (κ1) is 45.5. The number of amides is 4. The van der Waals surface area contributed by atoms with Crippen molar-refractivity contribution < 1.29 is 38.8 Å². The first-order valence-electron chi connectivity index (χ1n) is 22.9. The van der Waals surface area contributed by atoms with E-state index in [1.54, 1.807) is 24.1 Å². The van der Waals surface area contributed by atoms with Gasteiger partial charge in [0.2, 0.25) is 22.6 Å². The minimum atomic E-state index is -1.16. The van der Waals surface area contributed by atoms with Crippen molar-refractivity contribution in [2.75, 3.05) is 33.3 Å². The number of hydrogen-bond donors (Lipinski definition) is 3. The van der Waals surface area contributed by atoms with Gasteiger partial charge in [-0.1, -0.05) is 64.6 Å². The van der Waals surface area contributed by atoms with Crippen molar-refractivity contribution in [1.82, 2.24) is 30.1 Å². The summed E-state index contributed by atoms with van der Waals surface area (Å²) in [5.74, 6) is -2.36. The number of carbonyl (C=O) groups excluding carboxylic acids is 4. The molecule has 2 fully saturated rings. The van der Waals surface area contributed by atoms with Crippen LogP contribution in [-0.2, 0) is 61.4 Å². The molecule has 2 saturated heterocycles. The van der Waals surface area contributed by atoms with E-state index in [0.717, 1.165) is 38.9 Å². The van der Waals surface area contributed by atoms with E-state index in [4.69, 9.17) is 9.57 Å². The Balaban J connectivity index is 1.19. The van der Waals surface area contributed by atoms with Gasteiger partial charge in [0.15, 0.2) is 6.61 Å². The predicted molar refractivity (Wildman–Crippen MR) is 245 cm³/mol. The van der Waals surface area contributed by atoms with Crippen LogP contribution in [0.5, 0.6) is 5.75 Å². The number of aryl methyl sites for hydroxylation is 1. The van der Waals surface area contributed by atoms with Crippen molar-refractivity contribution in [3.05, 3.63) is 94.4 Å². The van der Waals surface area contributed by atoms with E-state index in [9.17, 15) is 29.2 Å². The summed E-state index contributed by atoms with van der Waals surface area (Å²) in [6.07, 6.45) is 2.29. The Morgan fingerprint density at radius 2 is 1.86 bits per heavy atom. The fourth-order valence-corrected chi connectivity index (χ4v) is 10.3. The molecule has 15 heteroatoms. The zero-order chi connectivity index (χ0) is 46.3. The van der Waals surface area contributed by atoms with Crippen molar-refractivity contribution in [1.29, 1.82) is 0 Å². The van der Waals surface area contributed by atoms with Gasteiger partial charge in [0.25, 0.3) is 5.91 Å². The average molecular weight is 889 g/mol. The van der Waals surface area contributed by atoms with E-state index in [-0.39, 0.29) is 49.6 Å². The summed E-state index contributed by atoms with van der Waals surface area (Å²) in [6.45, 7) is 16.3. The van der Waals surface area contributed by atoms with Gasteiger partial charge in [-0.3, -0.25) is 24.2 Å². The number of fused-ring (bicyclic) bond motifs is 7. The van der Waals surface area contributed by atoms with E-state index >= 15 is 0 Å². The summed E-state index contributed by atoms with van der Waals surface area (Å²) >= 11 is 0. The molecular weight excluding hydrogens is 827 g/mol. The van der Waals surface area contributed by atoms with Gasteiger partial charge in [-0.15, -0.1) is 0 Å². The van der Waals surface area contributed by atoms with Crippen LogP contribution >= 0.6 is 0 Å². The van der Waals surface area contributed by atoms with Crippen LogP contribution in [-0.4, -0.2) is 105 Å². The Bertz CT molecular complexity index is 2550. The number of likely N-dealkylation sites (N-methyl/N-ethyl adjacent to an activating group) is 1. The molecule has 8 rings (SSSR count). The molecule has 4 aromatic rings. The molecule has 4 amide bonds. The van der Waals surface area contributed by atoms with Crippen LogP contribution in [0.4, 0.5) is 0 Å². The molecule has 0 saturated carbocycles. The first-order valence-corrected chi connectivity index (χ1v) is 22.9. The third-order valence-corrected chi connectivity index (χ3v) is 13.5. The number of hydrazine groups is 1. The number of hydrogen-bond acceptors (Lipinski definition) is 9. The monoisotopic (exact) mass is 888 g/mol. The van der Waals surface area contributed by atoms with Crippen molar-refractivity contribution in [3.63, 3.8) is 0 Å². The molecule has 5 heterocycles. The van der Waals surface area contributed by atoms with Crippen LogP contribution in [0, 0.1) is 22.2 Å². The maximum Gasteiger partial charge on any atom is 0.326 e. The maximum atomic E-state index is 14.7. The van der Waals surface area contributed by atoms with Gasteiger partial charge in [-0.2, -0.15) is 5.43 Å². The van der Waals surface area contributed by atoms with E-state index in [1.165, 1.54) is 27.1 Å². The lowest BCUT2D eigenvalue weighted by molar-refractivity contribution is -0.835. The van der Waals surface area contributed by atoms with Crippen LogP contribution in [0.2, 0.25) is 0 Å². The molecular formula is C50H62N7O8+. The van der Waals surface area contributed by atoms with Crippen LogP contribution in [0.25, 0.3) is 33.3 Å². The highest BCUT2D eigenvalue weighted by molar-refractivity contribution is 5.96. The summed E-state index contributed by atoms with van der Waals surface area (Å²) < 4.78 is 8.29. The molecule has 3 N–H and O–H groups in total. The molecule has 0 unspecified atom stereocenters. The fourth-order valence-electron chi connectivity index (χ4n) is 10.3. The van der Waals surface area contributed by atoms with Gasteiger partial charge in [0, 0.05) is 67.9 Å². The molecule has 3 aromatic carbocycles. The Labute approximate surface area is 380 Å². The van der Waals surface area contributed by atoms with Crippen molar-refractivity contribution >= 4 is 34.5 Å². The second kappa shape index (κ2) is 18.4. The fraction of sp³-hybridized carbons (Fsp3) is 0.480. The summed E-state index contributed by atoms with van der Waals surface area (Å²) in [5.41, 5.74) is 11.5. The second-order valence-corrected chi connectivity index (χ2v) is 19.2. The molecule has 0 aliphatic carbocycles. The van der Waals surface area contributed by atoms with Gasteiger partial charge >= 0.3 is 6.17 Å². The SMILES string of the molecule is C=CC(=O)N1CC[C@H](C(=O)N(C)[C@H](C(=O)N[C@H]2Cc3cc(O)cc(c3)-c3ccc4c(c3)c(c(-c3cccc5c3COC5)n4CC)CC(C)(C)CO[N+](=O)[C@@H]3CCCN(N3)C2=O)C(C)C)C1. The van der Waals surface area contributed by atoms with Gasteiger partial charge in [0.1, 0.15) is 17.8 Å². The van der Waals surface area contributed by atoms with Crippen LogP contribution in [0.1, 0.15) is 76.1 Å². The number of phenols is 1. The molecule has 4 aliphatic rings. The average Bonchev–Trinajstić information content (AvgIpc) is 4.05. The number of nitrogens with one attached hydrogen (secondary N) is 2. The highest BCUT2D eigenvalue weighted by Gasteiger charge is 2.42. The van der Waals surface area contributed by atoms with E-state index in [2.05, 4.69) is 73.0 Å². The summed E-state index contributed by atoms with van der Waals surface area (Å²) in [7, 11) is 1.58. The molecule has 65 heavy (non-hydrogen) atoms. The lowest BCUT2D eigenvalue weighted by Crippen LogP contribution is -2.62. The quantitative estimate of drug-likeness (QED) is 0.180. The molecule has 4 aliphatic heterocycles. The third-order valence-electron chi connectivity index (χ3n) is 13.5. The zero-order valence-corrected chi connectivity index (χ0v) is 38.4. The largest absolute Gasteiger partial charge is 0.508 e. The Morgan fingerprint density at radius 1 is 1.06 bits per heavy atom. The number of phenolic OH excluding ortho intramolecular Hbond substituents is 1. The topological polar surface area (TPSA) is 166 Å². The van der Waals surface area contributed by atoms with Gasteiger partial charge in [-0.05, 0) is 95.8 Å². The maximum absolute atomic E-state index is 14.7. The number of ether oxygens (including phenoxy) is 1. The van der Waals surface area contributed by atoms with Crippen LogP contribution in [0.15, 0.2) is 67.3 Å². The van der Waals surface area contributed by atoms with Gasteiger partial charge in [0.05, 0.1) is 29.7 Å². The minimum absolute atomic E-state index is 0.00112. The van der Waals surface area contributed by atoms with Crippen LogP contribution in [0.3, 0.4) is 0 Å². The number of benzene rings is 3. The Hall–Kier alpha value is -6.06. The van der Waals surface area contributed by atoms with Gasteiger partial charge in [-0.25, -0.2) is 4.84 Å². The molecule has 344 valence electrons. The molecule has 6 bridgehead atoms. The first-order chi connectivity index (χ1) is 31.1. The molecule has 1 aromatic heterocycles. The molecule has 4 atom stereocenters. The van der Waals surface area contributed by atoms with Crippen LogP contribution < -0.4 is 10.7 Å². The molecule has 0 radical (unpaired) electrons. The number of aromatic hydroxyl groups is 1. The third kappa shape index (κ3) is 9.13. The summed E-state index contributed by atoms with van der Waals surface area (Å²) in [5, 5.41) is 16.7. The van der Waals surface area contributed by atoms with E-state index < -0.39 is 41.4 Å². The number of nitrogens with zero attached hydrogens (tertiary/aromatic N) is 5. The molecule has 0 spiro atoms. The Kier molecular flexibility index (Phi) is 12.9. The van der Waals surface area contributed by atoms with E-state index in [0.29, 0.717) is 62.5 Å².